The van der Waals surface area contributed by atoms with Crippen LogP contribution in [0.4, 0.5) is 0 Å². The highest BCUT2D eigenvalue weighted by atomic mass is 16.5. The van der Waals surface area contributed by atoms with E-state index in [0.717, 1.165) is 38.5 Å². The van der Waals surface area contributed by atoms with E-state index in [1.165, 1.54) is 11.1 Å². The SMILES string of the molecule is COCCC[NH2+]CCOCCOc1c(C)cccc1C. The van der Waals surface area contributed by atoms with Gasteiger partial charge in [0, 0.05) is 13.5 Å². The third-order valence-corrected chi connectivity index (χ3v) is 3.11. The minimum Gasteiger partial charge on any atom is -0.491 e. The molecule has 0 bridgehead atoms. The highest BCUT2D eigenvalue weighted by molar-refractivity contribution is 5.39. The van der Waals surface area contributed by atoms with Gasteiger partial charge in [-0.15, -0.1) is 0 Å². The van der Waals surface area contributed by atoms with Gasteiger partial charge < -0.3 is 19.5 Å². The van der Waals surface area contributed by atoms with Gasteiger partial charge >= 0.3 is 0 Å². The number of aryl methyl sites for hydroxylation is 2. The minimum atomic E-state index is 0.607. The first-order chi connectivity index (χ1) is 9.75. The maximum absolute atomic E-state index is 5.78. The van der Waals surface area contributed by atoms with E-state index in [0.29, 0.717) is 13.2 Å². The van der Waals surface area contributed by atoms with Crippen LogP contribution in [0.2, 0.25) is 0 Å². The zero-order chi connectivity index (χ0) is 14.6. The molecule has 0 spiro atoms. The summed E-state index contributed by atoms with van der Waals surface area (Å²) in [5, 5.41) is 2.26. The van der Waals surface area contributed by atoms with Crippen molar-refractivity contribution < 1.29 is 19.5 Å². The Morgan fingerprint density at radius 3 is 2.40 bits per heavy atom. The fourth-order valence-corrected chi connectivity index (χ4v) is 2.01. The van der Waals surface area contributed by atoms with Gasteiger partial charge in [-0.1, -0.05) is 18.2 Å². The van der Waals surface area contributed by atoms with Gasteiger partial charge in [0.1, 0.15) is 12.4 Å². The smallest absolute Gasteiger partial charge is 0.125 e. The molecule has 1 rings (SSSR count). The molecule has 114 valence electrons. The third kappa shape index (κ3) is 6.89. The zero-order valence-corrected chi connectivity index (χ0v) is 13.0. The van der Waals surface area contributed by atoms with Gasteiger partial charge in [0.05, 0.1) is 32.9 Å². The van der Waals surface area contributed by atoms with E-state index < -0.39 is 0 Å². The fourth-order valence-electron chi connectivity index (χ4n) is 2.01. The van der Waals surface area contributed by atoms with E-state index in [4.69, 9.17) is 14.2 Å². The van der Waals surface area contributed by atoms with Crippen molar-refractivity contribution in [1.82, 2.24) is 0 Å². The number of nitrogens with two attached hydrogens (primary N) is 1. The van der Waals surface area contributed by atoms with Gasteiger partial charge in [0.15, 0.2) is 0 Å². The highest BCUT2D eigenvalue weighted by Crippen LogP contribution is 2.21. The van der Waals surface area contributed by atoms with Gasteiger partial charge in [-0.3, -0.25) is 0 Å². The number of ether oxygens (including phenoxy) is 3. The molecule has 4 nitrogen and oxygen atoms in total. The van der Waals surface area contributed by atoms with Gasteiger partial charge in [-0.25, -0.2) is 0 Å². The molecule has 4 heteroatoms. The average Bonchev–Trinajstić information content (AvgIpc) is 2.43. The van der Waals surface area contributed by atoms with E-state index in [9.17, 15) is 0 Å². The number of benzene rings is 1. The summed E-state index contributed by atoms with van der Waals surface area (Å²) in [4.78, 5) is 0. The fraction of sp³-hybridized carbons (Fsp3) is 0.625. The number of methoxy groups -OCH3 is 1. The van der Waals surface area contributed by atoms with Crippen molar-refractivity contribution in [3.05, 3.63) is 29.3 Å². The van der Waals surface area contributed by atoms with Gasteiger partial charge in [-0.05, 0) is 25.0 Å². The Balaban J connectivity index is 2.00. The molecular weight excluding hydrogens is 254 g/mol. The molecular formula is C16H28NO3+. The lowest BCUT2D eigenvalue weighted by Crippen LogP contribution is -2.85. The normalized spacial score (nSPS) is 10.8. The molecule has 0 aliphatic rings. The number of rotatable bonds is 11. The second-order valence-electron chi connectivity index (χ2n) is 4.89. The first kappa shape index (κ1) is 17.0. The molecule has 1 aromatic rings. The first-order valence-electron chi connectivity index (χ1n) is 7.33. The molecule has 0 fully saturated rings. The van der Waals surface area contributed by atoms with E-state index in [1.807, 2.05) is 6.07 Å². The van der Waals surface area contributed by atoms with Crippen molar-refractivity contribution in [3.63, 3.8) is 0 Å². The molecule has 0 heterocycles. The van der Waals surface area contributed by atoms with Crippen molar-refractivity contribution in [1.29, 1.82) is 0 Å². The molecule has 20 heavy (non-hydrogen) atoms. The second-order valence-corrected chi connectivity index (χ2v) is 4.89. The molecule has 0 aliphatic carbocycles. The molecule has 2 N–H and O–H groups in total. The van der Waals surface area contributed by atoms with Crippen LogP contribution in [0.25, 0.3) is 0 Å². The molecule has 0 aromatic heterocycles. The Hall–Kier alpha value is -1.10. The van der Waals surface area contributed by atoms with E-state index in [1.54, 1.807) is 7.11 Å². The predicted molar refractivity (Wildman–Crippen MR) is 80.4 cm³/mol. The van der Waals surface area contributed by atoms with Gasteiger partial charge in [0.2, 0.25) is 0 Å². The van der Waals surface area contributed by atoms with Crippen LogP contribution in [0.15, 0.2) is 18.2 Å². The summed E-state index contributed by atoms with van der Waals surface area (Å²) in [6.07, 6.45) is 1.09. The Morgan fingerprint density at radius 1 is 0.950 bits per heavy atom. The van der Waals surface area contributed by atoms with Gasteiger partial charge in [0.25, 0.3) is 0 Å². The van der Waals surface area contributed by atoms with Crippen LogP contribution in [0, 0.1) is 13.8 Å². The Morgan fingerprint density at radius 2 is 1.70 bits per heavy atom. The monoisotopic (exact) mass is 282 g/mol. The summed E-state index contributed by atoms with van der Waals surface area (Å²) in [5.74, 6) is 0.988. The van der Waals surface area contributed by atoms with Crippen LogP contribution < -0.4 is 10.1 Å². The topological polar surface area (TPSA) is 44.3 Å². The maximum Gasteiger partial charge on any atom is 0.125 e. The molecule has 0 saturated carbocycles. The Kier molecular flexibility index (Phi) is 9.04. The minimum absolute atomic E-state index is 0.607. The van der Waals surface area contributed by atoms with Crippen LogP contribution >= 0.6 is 0 Å². The van der Waals surface area contributed by atoms with Crippen LogP contribution in [0.3, 0.4) is 0 Å². The largest absolute Gasteiger partial charge is 0.491 e. The van der Waals surface area contributed by atoms with E-state index >= 15 is 0 Å². The maximum atomic E-state index is 5.78. The highest BCUT2D eigenvalue weighted by Gasteiger charge is 2.02. The van der Waals surface area contributed by atoms with E-state index in [2.05, 4.69) is 31.3 Å². The molecule has 0 aliphatic heterocycles. The summed E-state index contributed by atoms with van der Waals surface area (Å²) in [6.45, 7) is 9.07. The van der Waals surface area contributed by atoms with Crippen molar-refractivity contribution >= 4 is 0 Å². The first-order valence-corrected chi connectivity index (χ1v) is 7.33. The summed E-state index contributed by atoms with van der Waals surface area (Å²) >= 11 is 0. The van der Waals surface area contributed by atoms with Crippen LogP contribution in [0.5, 0.6) is 5.75 Å². The predicted octanol–water partition coefficient (Wildman–Crippen LogP) is 1.30. The molecule has 1 aromatic carbocycles. The lowest BCUT2D eigenvalue weighted by atomic mass is 10.1. The quantitative estimate of drug-likeness (QED) is 0.622. The lowest BCUT2D eigenvalue weighted by molar-refractivity contribution is -0.656. The van der Waals surface area contributed by atoms with E-state index in [-0.39, 0.29) is 0 Å². The van der Waals surface area contributed by atoms with Crippen LogP contribution in [-0.2, 0) is 9.47 Å². The van der Waals surface area contributed by atoms with Crippen molar-refractivity contribution in [2.45, 2.75) is 20.3 Å². The molecule has 0 saturated heterocycles. The molecule has 0 radical (unpaired) electrons. The standard InChI is InChI=1S/C16H27NO3/c1-14-6-4-7-15(2)16(14)20-13-12-19-11-9-17-8-5-10-18-3/h4,6-7,17H,5,8-13H2,1-3H3/p+1. The summed E-state index contributed by atoms with van der Waals surface area (Å²) in [7, 11) is 1.74. The Labute approximate surface area is 122 Å². The average molecular weight is 282 g/mol. The third-order valence-electron chi connectivity index (χ3n) is 3.11. The summed E-state index contributed by atoms with van der Waals surface area (Å²) in [5.41, 5.74) is 2.35. The number of hydrogen-bond donors (Lipinski definition) is 1. The Bertz CT molecular complexity index is 348. The summed E-state index contributed by atoms with van der Waals surface area (Å²) < 4.78 is 16.3. The number of para-hydroxylation sites is 1. The number of quaternary nitrogens is 1. The molecule has 0 amide bonds. The summed E-state index contributed by atoms with van der Waals surface area (Å²) in [6, 6.07) is 6.18. The van der Waals surface area contributed by atoms with Crippen molar-refractivity contribution in [2.75, 3.05) is 46.6 Å². The number of hydrogen-bond acceptors (Lipinski definition) is 3. The zero-order valence-electron chi connectivity index (χ0n) is 13.0. The van der Waals surface area contributed by atoms with Crippen molar-refractivity contribution in [2.24, 2.45) is 0 Å². The molecule has 0 unspecified atom stereocenters. The molecule has 0 atom stereocenters. The van der Waals surface area contributed by atoms with Crippen LogP contribution in [-0.4, -0.2) is 46.6 Å². The lowest BCUT2D eigenvalue weighted by Gasteiger charge is -2.11. The van der Waals surface area contributed by atoms with Gasteiger partial charge in [-0.2, -0.15) is 0 Å². The van der Waals surface area contributed by atoms with Crippen molar-refractivity contribution in [3.8, 4) is 5.75 Å². The second kappa shape index (κ2) is 10.7. The van der Waals surface area contributed by atoms with Crippen LogP contribution in [0.1, 0.15) is 17.5 Å².